The Kier molecular flexibility index (Phi) is 9.19. The second-order valence-corrected chi connectivity index (χ2v) is 14.6. The van der Waals surface area contributed by atoms with Gasteiger partial charge in [0.25, 0.3) is 0 Å². The van der Waals surface area contributed by atoms with Crippen LogP contribution in [0.5, 0.6) is 5.75 Å². The van der Waals surface area contributed by atoms with E-state index in [-0.39, 0.29) is 47.0 Å². The molecule has 3 aliphatic rings. The van der Waals surface area contributed by atoms with E-state index < -0.39 is 39.8 Å². The Morgan fingerprint density at radius 1 is 1.02 bits per heavy atom. The van der Waals surface area contributed by atoms with Crippen LogP contribution in [0, 0.1) is 5.92 Å². The predicted octanol–water partition coefficient (Wildman–Crippen LogP) is 3.33. The summed E-state index contributed by atoms with van der Waals surface area (Å²) in [7, 11) is -4.15. The number of benzene rings is 2. The number of ketones is 1. The smallest absolute Gasteiger partial charge is 0.305 e. The normalized spacial score (nSPS) is 22.8. The van der Waals surface area contributed by atoms with Crippen molar-refractivity contribution in [1.82, 2.24) is 14.7 Å². The number of hydrogen-bond donors (Lipinski definition) is 1. The minimum atomic E-state index is -4.15. The Morgan fingerprint density at radius 3 is 2.50 bits per heavy atom. The molecule has 12 nitrogen and oxygen atoms in total. The standard InChI is InChI=1S/C33H40N4O8S/c1-23(2)10-13-30(38)36-27-9-6-14-35(46(41,42)26-7-4-3-5-8-26)33(31(27)39)37(15-18-43-19-16-37)17-20-44-25-11-12-28-24(21-25)22-29(45-28)32(40)34-36/h3-5,7-8,11-12,21-23,27,33H,6,9-10,13-20H2,1-2H3/p+1/t27?,33-/m0/s1. The van der Waals surface area contributed by atoms with E-state index in [1.54, 1.807) is 42.5 Å². The van der Waals surface area contributed by atoms with Crippen molar-refractivity contribution in [3.8, 4) is 5.75 Å². The average Bonchev–Trinajstić information content (AvgIpc) is 3.39. The van der Waals surface area contributed by atoms with Crippen molar-refractivity contribution in [3.63, 3.8) is 0 Å². The first-order valence-electron chi connectivity index (χ1n) is 15.9. The molecule has 0 aliphatic carbocycles. The van der Waals surface area contributed by atoms with Crippen LogP contribution < -0.4 is 10.2 Å². The van der Waals surface area contributed by atoms with E-state index in [0.29, 0.717) is 62.4 Å². The maximum absolute atomic E-state index is 15.1. The fourth-order valence-electron chi connectivity index (χ4n) is 6.67. The number of carbonyl (C=O) groups is 3. The molecule has 1 spiro atoms. The molecule has 0 radical (unpaired) electrons. The number of rotatable bonds is 5. The van der Waals surface area contributed by atoms with Crippen molar-refractivity contribution in [1.29, 1.82) is 0 Å². The first-order chi connectivity index (χ1) is 22.1. The number of Topliss-reactive ketones (excluding diaryl/α,β-unsaturated/α-hetero) is 1. The van der Waals surface area contributed by atoms with Gasteiger partial charge in [-0.25, -0.2) is 13.4 Å². The van der Waals surface area contributed by atoms with Gasteiger partial charge in [0.1, 0.15) is 43.6 Å². The van der Waals surface area contributed by atoms with Crippen molar-refractivity contribution in [2.24, 2.45) is 5.92 Å². The number of carbonyl (C=O) groups excluding carboxylic acids is 3. The van der Waals surface area contributed by atoms with Gasteiger partial charge < -0.3 is 13.9 Å². The summed E-state index contributed by atoms with van der Waals surface area (Å²) in [5.74, 6) is -0.811. The third kappa shape index (κ3) is 6.28. The Balaban J connectivity index is 1.50. The molecule has 3 aliphatic heterocycles. The Bertz CT molecular complexity index is 1700. The number of sulfonamides is 1. The van der Waals surface area contributed by atoms with Crippen LogP contribution in [0.4, 0.5) is 0 Å². The van der Waals surface area contributed by atoms with Gasteiger partial charge in [-0.1, -0.05) is 32.0 Å². The summed E-state index contributed by atoms with van der Waals surface area (Å²) in [5.41, 5.74) is 3.19. The van der Waals surface area contributed by atoms with Crippen LogP contribution >= 0.6 is 0 Å². The molecule has 0 saturated carbocycles. The van der Waals surface area contributed by atoms with Crippen molar-refractivity contribution in [2.45, 2.75) is 56.6 Å². The van der Waals surface area contributed by atoms with Crippen LogP contribution in [-0.4, -0.2) is 98.0 Å². The van der Waals surface area contributed by atoms with Crippen LogP contribution in [0.15, 0.2) is 63.9 Å². The SMILES string of the molecule is CC(C)CCC(=O)N1NC(=O)c2cc3cc(ccc3o2)OCC[N+]2(CCOCC2)[C@H]2C(=O)C1CCCN2S(=O)(=O)c1ccccc1. The molecule has 2 amide bonds. The second kappa shape index (κ2) is 13.1. The van der Waals surface area contributed by atoms with E-state index >= 15 is 4.79 Å². The summed E-state index contributed by atoms with van der Waals surface area (Å²) < 4.78 is 47.9. The molecule has 6 rings (SSSR count). The number of quaternary nitrogens is 1. The van der Waals surface area contributed by atoms with E-state index in [1.807, 2.05) is 13.8 Å². The Labute approximate surface area is 268 Å². The van der Waals surface area contributed by atoms with E-state index in [0.717, 1.165) is 5.01 Å². The Hall–Kier alpha value is -3.78. The summed E-state index contributed by atoms with van der Waals surface area (Å²) in [4.78, 5) is 42.7. The van der Waals surface area contributed by atoms with Gasteiger partial charge in [0, 0.05) is 18.4 Å². The number of amides is 2. The summed E-state index contributed by atoms with van der Waals surface area (Å²) in [6.45, 7) is 5.94. The largest absolute Gasteiger partial charge is 0.488 e. The van der Waals surface area contributed by atoms with Gasteiger partial charge in [-0.2, -0.15) is 0 Å². The quantitative estimate of drug-likeness (QED) is 0.415. The third-order valence-corrected chi connectivity index (χ3v) is 11.1. The molecule has 1 aromatic heterocycles. The van der Waals surface area contributed by atoms with Crippen LogP contribution in [0.3, 0.4) is 0 Å². The highest BCUT2D eigenvalue weighted by Crippen LogP contribution is 2.33. The molecule has 2 atom stereocenters. The van der Waals surface area contributed by atoms with Crippen LogP contribution in [0.25, 0.3) is 11.0 Å². The maximum atomic E-state index is 15.1. The van der Waals surface area contributed by atoms with E-state index in [9.17, 15) is 18.0 Å². The molecule has 3 aromatic rings. The van der Waals surface area contributed by atoms with E-state index in [1.165, 1.54) is 16.4 Å². The van der Waals surface area contributed by atoms with Gasteiger partial charge >= 0.3 is 5.91 Å². The molecule has 46 heavy (non-hydrogen) atoms. The lowest BCUT2D eigenvalue weighted by atomic mass is 10.0. The number of hydrogen-bond acceptors (Lipinski definition) is 8. The highest BCUT2D eigenvalue weighted by Gasteiger charge is 2.55. The lowest BCUT2D eigenvalue weighted by molar-refractivity contribution is -0.957. The van der Waals surface area contributed by atoms with E-state index in [2.05, 4.69) is 5.43 Å². The van der Waals surface area contributed by atoms with Gasteiger partial charge in [-0.3, -0.25) is 24.3 Å². The predicted molar refractivity (Wildman–Crippen MR) is 168 cm³/mol. The summed E-state index contributed by atoms with van der Waals surface area (Å²) in [6.07, 6.45) is -0.0816. The number of nitrogens with zero attached hydrogens (tertiary/aromatic N) is 3. The monoisotopic (exact) mass is 653 g/mol. The van der Waals surface area contributed by atoms with Crippen molar-refractivity contribution < 1.29 is 41.2 Å². The molecule has 2 aromatic carbocycles. The molecule has 13 heteroatoms. The second-order valence-electron chi connectivity index (χ2n) is 12.7. The van der Waals surface area contributed by atoms with Crippen LogP contribution in [0.1, 0.15) is 50.1 Å². The molecule has 1 unspecified atom stereocenters. The first-order valence-corrected chi connectivity index (χ1v) is 17.4. The lowest BCUT2D eigenvalue weighted by Crippen LogP contribution is -2.72. The summed E-state index contributed by atoms with van der Waals surface area (Å²) in [6, 6.07) is 13.8. The summed E-state index contributed by atoms with van der Waals surface area (Å²) >= 11 is 0. The van der Waals surface area contributed by atoms with Crippen molar-refractivity contribution in [2.75, 3.05) is 46.0 Å². The zero-order valence-electron chi connectivity index (χ0n) is 26.2. The van der Waals surface area contributed by atoms with Gasteiger partial charge in [-0.15, -0.1) is 4.31 Å². The van der Waals surface area contributed by atoms with Crippen LogP contribution in [0.2, 0.25) is 0 Å². The highest BCUT2D eigenvalue weighted by molar-refractivity contribution is 7.89. The number of nitrogens with one attached hydrogen (secondary N) is 1. The summed E-state index contributed by atoms with van der Waals surface area (Å²) in [5, 5.41) is 1.79. The molecule has 2 saturated heterocycles. The van der Waals surface area contributed by atoms with Gasteiger partial charge in [-0.05, 0) is 61.6 Å². The average molecular weight is 654 g/mol. The lowest BCUT2D eigenvalue weighted by Gasteiger charge is -2.49. The Morgan fingerprint density at radius 2 is 1.76 bits per heavy atom. The fourth-order valence-corrected chi connectivity index (χ4v) is 8.38. The van der Waals surface area contributed by atoms with Crippen LogP contribution in [-0.2, 0) is 24.3 Å². The molecule has 2 fully saturated rings. The minimum Gasteiger partial charge on any atom is -0.488 e. The van der Waals surface area contributed by atoms with Crippen molar-refractivity contribution in [3.05, 3.63) is 60.4 Å². The highest BCUT2D eigenvalue weighted by atomic mass is 32.2. The maximum Gasteiger partial charge on any atom is 0.305 e. The number of fused-ring (bicyclic) bond motifs is 5. The fraction of sp³-hybridized carbons (Fsp3) is 0.485. The third-order valence-electron chi connectivity index (χ3n) is 9.20. The molecule has 246 valence electrons. The zero-order valence-corrected chi connectivity index (χ0v) is 27.0. The molecule has 4 heterocycles. The zero-order chi connectivity index (χ0) is 32.5. The number of morpholine rings is 1. The minimum absolute atomic E-state index is 0.0220. The van der Waals surface area contributed by atoms with Gasteiger partial charge in [0.05, 0.1) is 18.1 Å². The molecule has 5 bridgehead atoms. The molecular formula is C33H41N4O8S+. The van der Waals surface area contributed by atoms with Gasteiger partial charge in [0.2, 0.25) is 27.9 Å². The number of hydrazine groups is 1. The van der Waals surface area contributed by atoms with Gasteiger partial charge in [0.15, 0.2) is 5.76 Å². The first kappa shape index (κ1) is 32.2. The number of ether oxygens (including phenoxy) is 2. The van der Waals surface area contributed by atoms with E-state index in [4.69, 9.17) is 13.9 Å². The topological polar surface area (TPSA) is 135 Å². The van der Waals surface area contributed by atoms with Crippen molar-refractivity contribution >= 4 is 38.6 Å². The molecule has 1 N–H and O–H groups in total. The molecular weight excluding hydrogens is 612 g/mol. The number of furan rings is 1.